The summed E-state index contributed by atoms with van der Waals surface area (Å²) in [5.74, 6) is 0. The van der Waals surface area contributed by atoms with E-state index in [1.807, 2.05) is 23.5 Å². The van der Waals surface area contributed by atoms with Gasteiger partial charge in [0, 0.05) is 43.2 Å². The Morgan fingerprint density at radius 1 is 0.347 bits per heavy atom. The maximum atomic E-state index is 6.37. The van der Waals surface area contributed by atoms with Gasteiger partial charge in [0.05, 0.1) is 0 Å². The van der Waals surface area contributed by atoms with Gasteiger partial charge in [-0.15, -0.1) is 11.3 Å². The van der Waals surface area contributed by atoms with Crippen molar-refractivity contribution in [1.29, 1.82) is 0 Å². The molecule has 0 aliphatic rings. The fraction of sp³-hybridized carbons (Fsp3) is 0. The first-order valence-electron chi connectivity index (χ1n) is 16.5. The zero-order chi connectivity index (χ0) is 32.6. The molecule has 0 fully saturated rings. The molecule has 0 radical (unpaired) electrons. The Balaban J connectivity index is 1.09. The second-order valence-electron chi connectivity index (χ2n) is 12.2. The molecule has 0 N–H and O–H groups in total. The average molecular weight is 646 g/mol. The van der Waals surface area contributed by atoms with Crippen molar-refractivity contribution in [3.63, 3.8) is 0 Å². The lowest BCUT2D eigenvalue weighted by Gasteiger charge is -2.26. The van der Waals surface area contributed by atoms with Crippen molar-refractivity contribution in [2.24, 2.45) is 0 Å². The summed E-state index contributed by atoms with van der Waals surface area (Å²) in [5.41, 5.74) is 12.2. The highest BCUT2D eigenvalue weighted by Crippen LogP contribution is 2.41. The molecular weight excluding hydrogens is 615 g/mol. The number of para-hydroxylation sites is 2. The van der Waals surface area contributed by atoms with Crippen LogP contribution in [-0.4, -0.2) is 0 Å². The van der Waals surface area contributed by atoms with Crippen molar-refractivity contribution >= 4 is 50.3 Å². The van der Waals surface area contributed by atoms with Crippen LogP contribution < -0.4 is 4.90 Å². The number of rotatable bonds is 7. The van der Waals surface area contributed by atoms with E-state index in [0.29, 0.717) is 0 Å². The highest BCUT2D eigenvalue weighted by atomic mass is 32.1. The summed E-state index contributed by atoms with van der Waals surface area (Å²) in [4.78, 5) is 4.86. The highest BCUT2D eigenvalue weighted by molar-refractivity contribution is 7.18. The van der Waals surface area contributed by atoms with Crippen LogP contribution in [-0.2, 0) is 0 Å². The second kappa shape index (κ2) is 12.5. The summed E-state index contributed by atoms with van der Waals surface area (Å²) in [6.45, 7) is 0. The van der Waals surface area contributed by atoms with Crippen LogP contribution >= 0.6 is 11.3 Å². The summed E-state index contributed by atoms with van der Waals surface area (Å²) in [6, 6.07) is 66.8. The third-order valence-corrected chi connectivity index (χ3v) is 10.3. The Morgan fingerprint density at radius 3 is 1.45 bits per heavy atom. The van der Waals surface area contributed by atoms with Crippen molar-refractivity contribution in [2.75, 3.05) is 4.90 Å². The first-order valence-corrected chi connectivity index (χ1v) is 17.3. The van der Waals surface area contributed by atoms with Crippen molar-refractivity contribution in [2.45, 2.75) is 0 Å². The summed E-state index contributed by atoms with van der Waals surface area (Å²) in [6.07, 6.45) is 0. The molecule has 3 heteroatoms. The van der Waals surface area contributed by atoms with Gasteiger partial charge in [-0.2, -0.15) is 0 Å². The monoisotopic (exact) mass is 645 g/mol. The third-order valence-electron chi connectivity index (χ3n) is 9.15. The van der Waals surface area contributed by atoms with E-state index in [4.69, 9.17) is 4.42 Å². The molecule has 0 aliphatic heterocycles. The molecule has 0 amide bonds. The van der Waals surface area contributed by atoms with Gasteiger partial charge in [-0.1, -0.05) is 133 Å². The van der Waals surface area contributed by atoms with Crippen molar-refractivity contribution in [1.82, 2.24) is 0 Å². The van der Waals surface area contributed by atoms with Crippen LogP contribution in [0.2, 0.25) is 0 Å². The number of anilines is 3. The third kappa shape index (κ3) is 5.50. The van der Waals surface area contributed by atoms with E-state index in [0.717, 1.165) is 50.1 Å². The smallest absolute Gasteiger partial charge is 0.143 e. The van der Waals surface area contributed by atoms with Gasteiger partial charge in [0.25, 0.3) is 0 Å². The zero-order valence-corrected chi connectivity index (χ0v) is 27.5. The minimum absolute atomic E-state index is 0.911. The number of benzene rings is 7. The highest BCUT2D eigenvalue weighted by Gasteiger charge is 2.16. The van der Waals surface area contributed by atoms with Crippen LogP contribution in [0.1, 0.15) is 0 Å². The maximum absolute atomic E-state index is 6.37. The molecule has 232 valence electrons. The molecule has 2 aromatic heterocycles. The summed E-state index contributed by atoms with van der Waals surface area (Å²) in [7, 11) is 0. The van der Waals surface area contributed by atoms with Crippen molar-refractivity contribution < 1.29 is 4.42 Å². The molecule has 0 atom stereocenters. The van der Waals surface area contributed by atoms with E-state index < -0.39 is 0 Å². The van der Waals surface area contributed by atoms with Gasteiger partial charge in [-0.3, -0.25) is 0 Å². The second-order valence-corrected chi connectivity index (χ2v) is 13.2. The first kappa shape index (κ1) is 29.0. The lowest BCUT2D eigenvalue weighted by atomic mass is 10.0. The first-order chi connectivity index (χ1) is 24.3. The van der Waals surface area contributed by atoms with Crippen LogP contribution in [0.5, 0.6) is 0 Å². The molecule has 9 aromatic rings. The van der Waals surface area contributed by atoms with Gasteiger partial charge in [-0.05, 0) is 82.4 Å². The average Bonchev–Trinajstić information content (AvgIpc) is 3.83. The zero-order valence-electron chi connectivity index (χ0n) is 26.7. The van der Waals surface area contributed by atoms with Crippen LogP contribution in [0.4, 0.5) is 17.1 Å². The number of furan rings is 1. The molecule has 7 aromatic carbocycles. The van der Waals surface area contributed by atoms with Gasteiger partial charge < -0.3 is 9.32 Å². The summed E-state index contributed by atoms with van der Waals surface area (Å²) >= 11 is 1.83. The molecular formula is C46H31NOS. The van der Waals surface area contributed by atoms with Crippen LogP contribution in [0, 0.1) is 0 Å². The molecule has 0 saturated carbocycles. The Kier molecular flexibility index (Phi) is 7.38. The molecule has 0 spiro atoms. The Bertz CT molecular complexity index is 2510. The predicted molar refractivity (Wildman–Crippen MR) is 208 cm³/mol. The van der Waals surface area contributed by atoms with Crippen molar-refractivity contribution in [3.05, 3.63) is 188 Å². The lowest BCUT2D eigenvalue weighted by molar-refractivity contribution is 0.670. The molecule has 0 saturated heterocycles. The van der Waals surface area contributed by atoms with Gasteiger partial charge in [0.2, 0.25) is 0 Å². The number of nitrogens with zero attached hydrogens (tertiary/aromatic N) is 1. The van der Waals surface area contributed by atoms with Crippen LogP contribution in [0.25, 0.3) is 65.1 Å². The minimum atomic E-state index is 0.911. The van der Waals surface area contributed by atoms with Crippen LogP contribution in [0.3, 0.4) is 0 Å². The number of thiophene rings is 1. The number of hydrogen-bond acceptors (Lipinski definition) is 3. The SMILES string of the molecule is c1ccc(-c2ccc(N(c3ccc(-c4ccc(-c5ccccc5)s4)cc3)c3ccc(-c4cccc5c4oc4ccccc45)cc3)cc2)cc1. The van der Waals surface area contributed by atoms with Gasteiger partial charge in [-0.25, -0.2) is 0 Å². The van der Waals surface area contributed by atoms with E-state index in [1.165, 1.54) is 32.0 Å². The van der Waals surface area contributed by atoms with E-state index in [9.17, 15) is 0 Å². The fourth-order valence-electron chi connectivity index (χ4n) is 6.67. The predicted octanol–water partition coefficient (Wildman–Crippen LogP) is 13.8. The maximum Gasteiger partial charge on any atom is 0.143 e. The van der Waals surface area contributed by atoms with Gasteiger partial charge in [0.1, 0.15) is 11.2 Å². The van der Waals surface area contributed by atoms with Gasteiger partial charge in [0.15, 0.2) is 0 Å². The number of hydrogen-bond donors (Lipinski definition) is 0. The Hall–Kier alpha value is -6.16. The topological polar surface area (TPSA) is 16.4 Å². The largest absolute Gasteiger partial charge is 0.455 e. The molecule has 0 unspecified atom stereocenters. The summed E-state index contributed by atoms with van der Waals surface area (Å²) in [5, 5.41) is 2.28. The quantitative estimate of drug-likeness (QED) is 0.171. The molecule has 9 rings (SSSR count). The van der Waals surface area contributed by atoms with E-state index in [-0.39, 0.29) is 0 Å². The normalized spacial score (nSPS) is 11.3. The minimum Gasteiger partial charge on any atom is -0.455 e. The molecule has 2 nitrogen and oxygen atoms in total. The van der Waals surface area contributed by atoms with Crippen molar-refractivity contribution in [3.8, 4) is 43.1 Å². The van der Waals surface area contributed by atoms with E-state index in [2.05, 4.69) is 181 Å². The fourth-order valence-corrected chi connectivity index (χ4v) is 7.69. The molecule has 49 heavy (non-hydrogen) atoms. The molecule has 0 aliphatic carbocycles. The Morgan fingerprint density at radius 2 is 0.816 bits per heavy atom. The standard InChI is InChI=1S/C46H31NOS/c1-3-10-32(11-4-1)33-18-24-37(25-19-33)47(39-28-22-36(23-29-39)45-31-30-44(49-45)35-12-5-2-6-13-35)38-26-20-34(21-27-38)40-15-9-16-42-41-14-7-8-17-43(41)48-46(40)42/h1-31H. The van der Waals surface area contributed by atoms with Gasteiger partial charge >= 0.3 is 0 Å². The van der Waals surface area contributed by atoms with E-state index in [1.54, 1.807) is 0 Å². The van der Waals surface area contributed by atoms with Crippen LogP contribution in [0.15, 0.2) is 192 Å². The molecule has 2 heterocycles. The molecule has 0 bridgehead atoms. The summed E-state index contributed by atoms with van der Waals surface area (Å²) < 4.78 is 6.37. The lowest BCUT2D eigenvalue weighted by Crippen LogP contribution is -2.09. The number of fused-ring (bicyclic) bond motifs is 3. The van der Waals surface area contributed by atoms with E-state index >= 15 is 0 Å². The Labute approximate surface area is 289 Å².